The molecule has 0 fully saturated rings. The van der Waals surface area contributed by atoms with Gasteiger partial charge in [0.1, 0.15) is 12.2 Å². The van der Waals surface area contributed by atoms with Gasteiger partial charge in [0.2, 0.25) is 5.91 Å². The van der Waals surface area contributed by atoms with Crippen molar-refractivity contribution in [2.24, 2.45) is 0 Å². The lowest BCUT2D eigenvalue weighted by molar-refractivity contribution is -0.114. The van der Waals surface area contributed by atoms with Gasteiger partial charge in [0.25, 0.3) is 0 Å². The third-order valence-corrected chi connectivity index (χ3v) is 2.00. The number of amides is 1. The summed E-state index contributed by atoms with van der Waals surface area (Å²) < 4.78 is 1.62. The van der Waals surface area contributed by atoms with Crippen molar-refractivity contribution < 1.29 is 4.79 Å². The maximum absolute atomic E-state index is 10.8. The van der Waals surface area contributed by atoms with Crippen LogP contribution in [0.1, 0.15) is 12.7 Å². The molecule has 0 saturated heterocycles. The fourth-order valence-electron chi connectivity index (χ4n) is 1.31. The summed E-state index contributed by atoms with van der Waals surface area (Å²) in [6.45, 7) is 3.30. The number of carbonyl (C=O) groups excluding carboxylic acids is 1. The van der Waals surface area contributed by atoms with Gasteiger partial charge in [-0.2, -0.15) is 9.78 Å². The summed E-state index contributed by atoms with van der Waals surface area (Å²) in [7, 11) is 0. The predicted octanol–water partition coefficient (Wildman–Crippen LogP) is 0.929. The highest BCUT2D eigenvalue weighted by Gasteiger charge is 2.03. The maximum atomic E-state index is 10.8. The Kier molecular flexibility index (Phi) is 2.63. The van der Waals surface area contributed by atoms with Crippen LogP contribution in [0.2, 0.25) is 0 Å². The fourth-order valence-corrected chi connectivity index (χ4v) is 1.31. The normalized spacial score (nSPS) is 10.1. The fraction of sp³-hybridized carbons (Fsp3) is 0.200. The van der Waals surface area contributed by atoms with Crippen LogP contribution in [0, 0.1) is 6.92 Å². The third kappa shape index (κ3) is 2.05. The molecule has 0 bridgehead atoms. The zero-order valence-corrected chi connectivity index (χ0v) is 9.01. The van der Waals surface area contributed by atoms with Crippen molar-refractivity contribution in [3.63, 3.8) is 0 Å². The van der Waals surface area contributed by atoms with Gasteiger partial charge in [0, 0.05) is 6.92 Å². The van der Waals surface area contributed by atoms with Gasteiger partial charge in [0.05, 0.1) is 11.9 Å². The molecule has 0 atom stereocenters. The Balaban J connectivity index is 2.26. The Bertz CT molecular complexity index is 502. The first-order chi connectivity index (χ1) is 7.66. The van der Waals surface area contributed by atoms with E-state index in [-0.39, 0.29) is 5.91 Å². The molecule has 0 aromatic carbocycles. The quantitative estimate of drug-likeness (QED) is 0.812. The standard InChI is InChI=1S/C10H11N5O/c1-7-12-6-13-15(7)10-4-3-9(5-11-10)14-8(2)16/h3-6H,1-2H3,(H,14,16). The second-order valence-electron chi connectivity index (χ2n) is 3.31. The van der Waals surface area contributed by atoms with Crippen molar-refractivity contribution in [1.82, 2.24) is 19.7 Å². The van der Waals surface area contributed by atoms with Crippen LogP contribution in [0.3, 0.4) is 0 Å². The van der Waals surface area contributed by atoms with Crippen LogP contribution in [-0.2, 0) is 4.79 Å². The third-order valence-electron chi connectivity index (χ3n) is 2.00. The first-order valence-corrected chi connectivity index (χ1v) is 4.77. The van der Waals surface area contributed by atoms with Crippen molar-refractivity contribution >= 4 is 11.6 Å². The lowest BCUT2D eigenvalue weighted by Gasteiger charge is -2.04. The van der Waals surface area contributed by atoms with E-state index in [0.717, 1.165) is 5.82 Å². The Morgan fingerprint density at radius 3 is 2.69 bits per heavy atom. The Hall–Kier alpha value is -2.24. The molecule has 0 radical (unpaired) electrons. The van der Waals surface area contributed by atoms with E-state index in [1.165, 1.54) is 13.3 Å². The number of hydrogen-bond donors (Lipinski definition) is 1. The van der Waals surface area contributed by atoms with Crippen LogP contribution in [0.4, 0.5) is 5.69 Å². The minimum absolute atomic E-state index is 0.119. The van der Waals surface area contributed by atoms with Gasteiger partial charge in [-0.25, -0.2) is 9.97 Å². The van der Waals surface area contributed by atoms with Gasteiger partial charge in [-0.05, 0) is 19.1 Å². The molecule has 2 aromatic rings. The summed E-state index contributed by atoms with van der Waals surface area (Å²) in [6.07, 6.45) is 3.05. The summed E-state index contributed by atoms with van der Waals surface area (Å²) in [5.74, 6) is 1.32. The highest BCUT2D eigenvalue weighted by molar-refractivity contribution is 5.88. The Morgan fingerprint density at radius 2 is 2.19 bits per heavy atom. The molecule has 6 nitrogen and oxygen atoms in total. The summed E-state index contributed by atoms with van der Waals surface area (Å²) in [5, 5.41) is 6.68. The Labute approximate surface area is 92.3 Å². The summed E-state index contributed by atoms with van der Waals surface area (Å²) in [4.78, 5) is 19.0. The van der Waals surface area contributed by atoms with E-state index in [9.17, 15) is 4.79 Å². The van der Waals surface area contributed by atoms with Gasteiger partial charge >= 0.3 is 0 Å². The molecule has 0 unspecified atom stereocenters. The molecule has 1 N–H and O–H groups in total. The molecule has 0 spiro atoms. The molecule has 0 aliphatic carbocycles. The summed E-state index contributed by atoms with van der Waals surface area (Å²) in [6, 6.07) is 3.54. The second kappa shape index (κ2) is 4.09. The van der Waals surface area contributed by atoms with E-state index in [1.807, 2.05) is 6.92 Å². The number of nitrogens with zero attached hydrogens (tertiary/aromatic N) is 4. The second-order valence-corrected chi connectivity index (χ2v) is 3.31. The van der Waals surface area contributed by atoms with E-state index < -0.39 is 0 Å². The molecule has 0 aliphatic heterocycles. The molecule has 2 aromatic heterocycles. The zero-order chi connectivity index (χ0) is 11.5. The highest BCUT2D eigenvalue weighted by atomic mass is 16.1. The molecular formula is C10H11N5O. The molecule has 2 heterocycles. The molecule has 1 amide bonds. The molecule has 0 saturated carbocycles. The number of nitrogens with one attached hydrogen (secondary N) is 1. The molecule has 0 aliphatic rings. The van der Waals surface area contributed by atoms with Crippen LogP contribution < -0.4 is 5.32 Å². The number of pyridine rings is 1. The average Bonchev–Trinajstić information content (AvgIpc) is 2.65. The van der Waals surface area contributed by atoms with Crippen LogP contribution >= 0.6 is 0 Å². The predicted molar refractivity (Wildman–Crippen MR) is 58.2 cm³/mol. The van der Waals surface area contributed by atoms with E-state index in [1.54, 1.807) is 23.0 Å². The van der Waals surface area contributed by atoms with E-state index in [2.05, 4.69) is 20.4 Å². The largest absolute Gasteiger partial charge is 0.325 e. The lowest BCUT2D eigenvalue weighted by atomic mass is 10.4. The summed E-state index contributed by atoms with van der Waals surface area (Å²) in [5.41, 5.74) is 0.661. The minimum atomic E-state index is -0.119. The number of rotatable bonds is 2. The zero-order valence-electron chi connectivity index (χ0n) is 9.01. The first kappa shape index (κ1) is 10.3. The van der Waals surface area contributed by atoms with E-state index in [0.29, 0.717) is 11.5 Å². The molecular weight excluding hydrogens is 206 g/mol. The number of anilines is 1. The van der Waals surface area contributed by atoms with Gasteiger partial charge in [-0.1, -0.05) is 0 Å². The van der Waals surface area contributed by atoms with Crippen LogP contribution in [-0.4, -0.2) is 25.7 Å². The Morgan fingerprint density at radius 1 is 1.38 bits per heavy atom. The number of aromatic nitrogens is 4. The smallest absolute Gasteiger partial charge is 0.221 e. The maximum Gasteiger partial charge on any atom is 0.221 e. The average molecular weight is 217 g/mol. The van der Waals surface area contributed by atoms with E-state index >= 15 is 0 Å². The van der Waals surface area contributed by atoms with Crippen molar-refractivity contribution in [2.45, 2.75) is 13.8 Å². The van der Waals surface area contributed by atoms with Crippen molar-refractivity contribution in [1.29, 1.82) is 0 Å². The minimum Gasteiger partial charge on any atom is -0.325 e. The van der Waals surface area contributed by atoms with Gasteiger partial charge < -0.3 is 5.32 Å². The number of carbonyl (C=O) groups is 1. The number of hydrogen-bond acceptors (Lipinski definition) is 4. The van der Waals surface area contributed by atoms with Crippen LogP contribution in [0.15, 0.2) is 24.7 Å². The van der Waals surface area contributed by atoms with Crippen LogP contribution in [0.25, 0.3) is 5.82 Å². The first-order valence-electron chi connectivity index (χ1n) is 4.77. The molecule has 82 valence electrons. The SMILES string of the molecule is CC(=O)Nc1ccc(-n2ncnc2C)nc1. The lowest BCUT2D eigenvalue weighted by Crippen LogP contribution is -2.07. The number of aryl methyl sites for hydroxylation is 1. The van der Waals surface area contributed by atoms with Crippen molar-refractivity contribution in [3.8, 4) is 5.82 Å². The molecule has 16 heavy (non-hydrogen) atoms. The monoisotopic (exact) mass is 217 g/mol. The highest BCUT2D eigenvalue weighted by Crippen LogP contribution is 2.09. The van der Waals surface area contributed by atoms with Crippen molar-refractivity contribution in [2.75, 3.05) is 5.32 Å². The summed E-state index contributed by atoms with van der Waals surface area (Å²) >= 11 is 0. The van der Waals surface area contributed by atoms with Crippen LogP contribution in [0.5, 0.6) is 0 Å². The molecule has 2 rings (SSSR count). The molecule has 6 heteroatoms. The topological polar surface area (TPSA) is 72.7 Å². The van der Waals surface area contributed by atoms with Gasteiger partial charge in [-0.3, -0.25) is 4.79 Å². The van der Waals surface area contributed by atoms with Gasteiger partial charge in [0.15, 0.2) is 5.82 Å². The van der Waals surface area contributed by atoms with E-state index in [4.69, 9.17) is 0 Å². The van der Waals surface area contributed by atoms with Gasteiger partial charge in [-0.15, -0.1) is 0 Å². The van der Waals surface area contributed by atoms with Crippen molar-refractivity contribution in [3.05, 3.63) is 30.5 Å².